The van der Waals surface area contributed by atoms with Gasteiger partial charge in [-0.15, -0.1) is 0 Å². The van der Waals surface area contributed by atoms with Gasteiger partial charge in [0.2, 0.25) is 0 Å². The van der Waals surface area contributed by atoms with Crippen LogP contribution in [0.4, 0.5) is 10.5 Å². The molecule has 0 radical (unpaired) electrons. The summed E-state index contributed by atoms with van der Waals surface area (Å²) in [6, 6.07) is 12.7. The molecule has 0 aliphatic carbocycles. The fraction of sp³-hybridized carbons (Fsp3) is 0.484. The Morgan fingerprint density at radius 1 is 1.02 bits per heavy atom. The van der Waals surface area contributed by atoms with E-state index < -0.39 is 0 Å². The van der Waals surface area contributed by atoms with Crippen LogP contribution in [0.25, 0.3) is 10.9 Å². The van der Waals surface area contributed by atoms with Crippen molar-refractivity contribution in [1.29, 1.82) is 0 Å². The molecule has 0 atom stereocenters. The number of anilines is 1. The van der Waals surface area contributed by atoms with Gasteiger partial charge >= 0.3 is 6.03 Å². The van der Waals surface area contributed by atoms with Gasteiger partial charge in [-0.3, -0.25) is 9.88 Å². The molecule has 2 N–H and O–H groups in total. The normalized spacial score (nSPS) is 14.1. The first kappa shape index (κ1) is 29.4. The summed E-state index contributed by atoms with van der Waals surface area (Å²) in [4.78, 5) is 19.1. The Hall–Kier alpha value is -3.56. The van der Waals surface area contributed by atoms with Crippen LogP contribution in [0.1, 0.15) is 40.0 Å². The van der Waals surface area contributed by atoms with Crippen LogP contribution in [0.2, 0.25) is 0 Å². The molecule has 1 saturated heterocycles. The average molecular weight is 551 g/mol. The molecule has 9 heteroatoms. The number of fused-ring (bicyclic) bond motifs is 1. The fourth-order valence-corrected chi connectivity index (χ4v) is 4.39. The lowest BCUT2D eigenvalue weighted by Gasteiger charge is -2.26. The number of methoxy groups -OCH3 is 1. The Morgan fingerprint density at radius 3 is 2.52 bits per heavy atom. The standard InChI is InChI=1S/C31H42N4O5/c1-31(2,3)12-14-33-30(36)34-23-7-9-24(10-8-23)40-27-11-13-32-26-22-29(28(37-4)21-25(26)27)39-18-6-5-15-35-16-19-38-20-17-35/h7-11,13,21-22H,5-6,12,14-20H2,1-4H3,(H2,33,34,36). The van der Waals surface area contributed by atoms with E-state index in [2.05, 4.69) is 41.3 Å². The van der Waals surface area contributed by atoms with Gasteiger partial charge in [0.15, 0.2) is 11.5 Å². The Balaban J connectivity index is 1.33. The van der Waals surface area contributed by atoms with Crippen molar-refractivity contribution in [3.8, 4) is 23.0 Å². The molecule has 0 saturated carbocycles. The van der Waals surface area contributed by atoms with Crippen molar-refractivity contribution in [2.45, 2.75) is 40.0 Å². The molecule has 2 amide bonds. The summed E-state index contributed by atoms with van der Waals surface area (Å²) >= 11 is 0. The summed E-state index contributed by atoms with van der Waals surface area (Å²) in [5, 5.41) is 6.57. The van der Waals surface area contributed by atoms with Crippen LogP contribution in [-0.4, -0.2) is 69.0 Å². The number of hydrogen-bond acceptors (Lipinski definition) is 7. The maximum atomic E-state index is 12.2. The van der Waals surface area contributed by atoms with Crippen molar-refractivity contribution in [2.75, 3.05) is 58.4 Å². The highest BCUT2D eigenvalue weighted by Gasteiger charge is 2.14. The number of urea groups is 1. The molecule has 3 aromatic rings. The molecule has 9 nitrogen and oxygen atoms in total. The number of nitrogens with zero attached hydrogens (tertiary/aromatic N) is 2. The van der Waals surface area contributed by atoms with Crippen LogP contribution in [0, 0.1) is 5.41 Å². The van der Waals surface area contributed by atoms with E-state index in [0.717, 1.165) is 63.0 Å². The summed E-state index contributed by atoms with van der Waals surface area (Å²) in [5.41, 5.74) is 1.62. The second-order valence-corrected chi connectivity index (χ2v) is 11.2. The Kier molecular flexibility index (Phi) is 10.4. The van der Waals surface area contributed by atoms with E-state index in [1.807, 2.05) is 42.5 Å². The van der Waals surface area contributed by atoms with Crippen LogP contribution in [0.5, 0.6) is 23.0 Å². The smallest absolute Gasteiger partial charge is 0.319 e. The molecule has 1 aliphatic heterocycles. The first-order valence-corrected chi connectivity index (χ1v) is 14.0. The molecule has 0 spiro atoms. The van der Waals surface area contributed by atoms with E-state index >= 15 is 0 Å². The van der Waals surface area contributed by atoms with Gasteiger partial charge in [-0.1, -0.05) is 20.8 Å². The average Bonchev–Trinajstić information content (AvgIpc) is 2.93. The predicted octanol–water partition coefficient (Wildman–Crippen LogP) is 6.08. The van der Waals surface area contributed by atoms with E-state index in [1.54, 1.807) is 13.3 Å². The number of rotatable bonds is 12. The number of nitrogens with one attached hydrogen (secondary N) is 2. The van der Waals surface area contributed by atoms with Gasteiger partial charge in [0.1, 0.15) is 11.5 Å². The highest BCUT2D eigenvalue weighted by atomic mass is 16.5. The number of amides is 2. The van der Waals surface area contributed by atoms with Gasteiger partial charge in [0, 0.05) is 43.0 Å². The number of ether oxygens (including phenoxy) is 4. The summed E-state index contributed by atoms with van der Waals surface area (Å²) in [5.74, 6) is 2.60. The molecular formula is C31H42N4O5. The first-order valence-electron chi connectivity index (χ1n) is 14.0. The van der Waals surface area contributed by atoms with Gasteiger partial charge in [0.05, 0.1) is 32.4 Å². The third kappa shape index (κ3) is 8.99. The number of morpholine rings is 1. The summed E-state index contributed by atoms with van der Waals surface area (Å²) < 4.78 is 23.3. The summed E-state index contributed by atoms with van der Waals surface area (Å²) in [7, 11) is 1.63. The zero-order valence-corrected chi connectivity index (χ0v) is 24.1. The lowest BCUT2D eigenvalue weighted by molar-refractivity contribution is 0.0368. The zero-order chi connectivity index (χ0) is 28.4. The molecule has 2 aromatic carbocycles. The number of pyridine rings is 1. The quantitative estimate of drug-likeness (QED) is 0.264. The topological polar surface area (TPSA) is 94.2 Å². The van der Waals surface area contributed by atoms with Gasteiger partial charge < -0.3 is 29.6 Å². The van der Waals surface area contributed by atoms with Gasteiger partial charge in [-0.2, -0.15) is 0 Å². The molecule has 0 unspecified atom stereocenters. The summed E-state index contributed by atoms with van der Waals surface area (Å²) in [6.45, 7) is 12.4. The summed E-state index contributed by atoms with van der Waals surface area (Å²) in [6.07, 6.45) is 4.65. The number of aromatic nitrogens is 1. The minimum absolute atomic E-state index is 0.172. The van der Waals surface area contributed by atoms with E-state index in [-0.39, 0.29) is 11.4 Å². The number of carbonyl (C=O) groups is 1. The molecular weight excluding hydrogens is 508 g/mol. The highest BCUT2D eigenvalue weighted by molar-refractivity contribution is 5.89. The minimum Gasteiger partial charge on any atom is -0.493 e. The largest absolute Gasteiger partial charge is 0.493 e. The number of carbonyl (C=O) groups excluding carboxylic acids is 1. The van der Waals surface area contributed by atoms with E-state index in [9.17, 15) is 4.79 Å². The number of hydrogen-bond donors (Lipinski definition) is 2. The Labute approximate surface area is 237 Å². The second-order valence-electron chi connectivity index (χ2n) is 11.2. The van der Waals surface area contributed by atoms with E-state index in [0.29, 0.717) is 41.8 Å². The lowest BCUT2D eigenvalue weighted by atomic mass is 9.92. The number of benzene rings is 2. The highest BCUT2D eigenvalue weighted by Crippen LogP contribution is 2.37. The van der Waals surface area contributed by atoms with Crippen molar-refractivity contribution >= 4 is 22.6 Å². The maximum absolute atomic E-state index is 12.2. The van der Waals surface area contributed by atoms with Gasteiger partial charge in [-0.25, -0.2) is 4.79 Å². The molecule has 0 bridgehead atoms. The van der Waals surface area contributed by atoms with Crippen molar-refractivity contribution in [3.05, 3.63) is 48.7 Å². The van der Waals surface area contributed by atoms with Crippen LogP contribution in [-0.2, 0) is 4.74 Å². The molecule has 40 heavy (non-hydrogen) atoms. The predicted molar refractivity (Wildman–Crippen MR) is 158 cm³/mol. The molecule has 1 aliphatic rings. The van der Waals surface area contributed by atoms with Crippen molar-refractivity contribution in [2.24, 2.45) is 5.41 Å². The van der Waals surface area contributed by atoms with Crippen LogP contribution >= 0.6 is 0 Å². The Morgan fingerprint density at radius 2 is 1.80 bits per heavy atom. The van der Waals surface area contributed by atoms with Gasteiger partial charge in [0.25, 0.3) is 0 Å². The molecule has 1 fully saturated rings. The monoisotopic (exact) mass is 550 g/mol. The molecule has 4 rings (SSSR count). The minimum atomic E-state index is -0.222. The second kappa shape index (κ2) is 14.2. The number of unbranched alkanes of at least 4 members (excludes halogenated alkanes) is 1. The zero-order valence-electron chi connectivity index (χ0n) is 24.1. The van der Waals surface area contributed by atoms with Crippen molar-refractivity contribution < 1.29 is 23.7 Å². The maximum Gasteiger partial charge on any atom is 0.319 e. The fourth-order valence-electron chi connectivity index (χ4n) is 4.39. The third-order valence-electron chi connectivity index (χ3n) is 6.72. The van der Waals surface area contributed by atoms with Gasteiger partial charge in [-0.05, 0) is 67.6 Å². The van der Waals surface area contributed by atoms with Crippen LogP contribution in [0.15, 0.2) is 48.7 Å². The molecule has 216 valence electrons. The van der Waals surface area contributed by atoms with Crippen LogP contribution < -0.4 is 24.8 Å². The van der Waals surface area contributed by atoms with Crippen LogP contribution in [0.3, 0.4) is 0 Å². The first-order chi connectivity index (χ1) is 19.3. The third-order valence-corrected chi connectivity index (χ3v) is 6.72. The van der Waals surface area contributed by atoms with E-state index in [1.165, 1.54) is 0 Å². The van der Waals surface area contributed by atoms with E-state index in [4.69, 9.17) is 18.9 Å². The Bertz CT molecular complexity index is 1240. The van der Waals surface area contributed by atoms with Crippen molar-refractivity contribution in [3.63, 3.8) is 0 Å². The molecule has 1 aromatic heterocycles. The SMILES string of the molecule is COc1cc2c(Oc3ccc(NC(=O)NCCC(C)(C)C)cc3)ccnc2cc1OCCCCN1CCOCC1. The lowest BCUT2D eigenvalue weighted by Crippen LogP contribution is -2.36. The molecule has 2 heterocycles. The van der Waals surface area contributed by atoms with Crippen molar-refractivity contribution in [1.82, 2.24) is 15.2 Å².